The highest BCUT2D eigenvalue weighted by Crippen LogP contribution is 2.37. The number of hydrogen-bond acceptors (Lipinski definition) is 3. The van der Waals surface area contributed by atoms with Crippen molar-refractivity contribution in [2.75, 3.05) is 26.8 Å². The van der Waals surface area contributed by atoms with E-state index >= 15 is 0 Å². The highest BCUT2D eigenvalue weighted by atomic mass is 16.5. The normalized spacial score (nSPS) is 20.9. The van der Waals surface area contributed by atoms with Gasteiger partial charge in [-0.25, -0.2) is 0 Å². The Morgan fingerprint density at radius 1 is 1.13 bits per heavy atom. The zero-order chi connectivity index (χ0) is 21.1. The number of ether oxygens (including phenoxy) is 1. The van der Waals surface area contributed by atoms with Crippen molar-refractivity contribution in [1.82, 2.24) is 10.2 Å². The van der Waals surface area contributed by atoms with Crippen LogP contribution in [-0.4, -0.2) is 49.6 Å². The van der Waals surface area contributed by atoms with Crippen LogP contribution >= 0.6 is 0 Å². The van der Waals surface area contributed by atoms with E-state index in [-0.39, 0.29) is 18.4 Å². The fraction of sp³-hybridized carbons (Fsp3) is 0.440. The summed E-state index contributed by atoms with van der Waals surface area (Å²) in [5.74, 6) is 0.0328. The van der Waals surface area contributed by atoms with Gasteiger partial charge in [0.1, 0.15) is 6.61 Å². The van der Waals surface area contributed by atoms with Gasteiger partial charge in [0.05, 0.1) is 5.41 Å². The number of methoxy groups -OCH3 is 1. The molecule has 1 saturated heterocycles. The van der Waals surface area contributed by atoms with Crippen molar-refractivity contribution in [2.24, 2.45) is 5.41 Å². The fourth-order valence-corrected chi connectivity index (χ4v) is 4.27. The second-order valence-electron chi connectivity index (χ2n) is 8.77. The number of rotatable bonds is 7. The van der Waals surface area contributed by atoms with Crippen LogP contribution in [0.25, 0.3) is 11.1 Å². The largest absolute Gasteiger partial charge is 0.375 e. The number of hydrogen-bond donors (Lipinski definition) is 1. The topological polar surface area (TPSA) is 58.6 Å². The second kappa shape index (κ2) is 8.60. The van der Waals surface area contributed by atoms with Crippen molar-refractivity contribution in [3.63, 3.8) is 0 Å². The average Bonchev–Trinajstić information content (AvgIpc) is 3.45. The van der Waals surface area contributed by atoms with E-state index in [2.05, 4.69) is 60.8 Å². The first-order valence-electron chi connectivity index (χ1n) is 10.7. The minimum Gasteiger partial charge on any atom is -0.375 e. The van der Waals surface area contributed by atoms with Gasteiger partial charge in [-0.3, -0.25) is 9.59 Å². The Morgan fingerprint density at radius 2 is 1.90 bits per heavy atom. The smallest absolute Gasteiger partial charge is 0.248 e. The molecule has 4 rings (SSSR count). The molecule has 5 heteroatoms. The van der Waals surface area contributed by atoms with E-state index in [0.29, 0.717) is 32.0 Å². The Hall–Kier alpha value is -2.66. The third-order valence-electron chi connectivity index (χ3n) is 6.22. The van der Waals surface area contributed by atoms with Crippen LogP contribution in [0.4, 0.5) is 0 Å². The maximum atomic E-state index is 13.3. The Kier molecular flexibility index (Phi) is 5.91. The lowest BCUT2D eigenvalue weighted by molar-refractivity contribution is -0.136. The molecule has 0 aromatic heterocycles. The summed E-state index contributed by atoms with van der Waals surface area (Å²) in [5, 5.41) is 3.19. The first kappa shape index (κ1) is 20.6. The molecule has 1 aliphatic heterocycles. The van der Waals surface area contributed by atoms with Crippen molar-refractivity contribution in [3.05, 3.63) is 59.7 Å². The van der Waals surface area contributed by atoms with Gasteiger partial charge in [0.25, 0.3) is 0 Å². The molecule has 1 heterocycles. The minimum atomic E-state index is -0.585. The molecule has 2 fully saturated rings. The van der Waals surface area contributed by atoms with Crippen LogP contribution < -0.4 is 5.32 Å². The Labute approximate surface area is 178 Å². The zero-order valence-corrected chi connectivity index (χ0v) is 17.8. The number of benzene rings is 2. The quantitative estimate of drug-likeness (QED) is 0.767. The molecule has 0 unspecified atom stereocenters. The van der Waals surface area contributed by atoms with Crippen molar-refractivity contribution in [1.29, 1.82) is 0 Å². The standard InChI is InChI=1S/C25H30N2O3/c1-18-6-8-20(9-7-18)21-5-3-4-19(14-21)15-25(24(29)26-22-10-11-22)12-13-27(17-25)23(28)16-30-2/h3-9,14,22H,10-13,15-17H2,1-2H3,(H,26,29)/t25-/m1/s1. The third kappa shape index (κ3) is 4.57. The summed E-state index contributed by atoms with van der Waals surface area (Å²) >= 11 is 0. The van der Waals surface area contributed by atoms with Crippen LogP contribution in [0, 0.1) is 12.3 Å². The van der Waals surface area contributed by atoms with Crippen LogP contribution in [0.3, 0.4) is 0 Å². The zero-order valence-electron chi connectivity index (χ0n) is 17.8. The van der Waals surface area contributed by atoms with Crippen molar-refractivity contribution >= 4 is 11.8 Å². The number of nitrogens with zero attached hydrogens (tertiary/aromatic N) is 1. The second-order valence-corrected chi connectivity index (χ2v) is 8.77. The molecule has 1 atom stereocenters. The maximum absolute atomic E-state index is 13.3. The van der Waals surface area contributed by atoms with Crippen LogP contribution in [0.5, 0.6) is 0 Å². The van der Waals surface area contributed by atoms with Gasteiger partial charge in [0.2, 0.25) is 11.8 Å². The first-order valence-corrected chi connectivity index (χ1v) is 10.7. The lowest BCUT2D eigenvalue weighted by Gasteiger charge is -2.28. The van der Waals surface area contributed by atoms with Crippen LogP contribution in [0.2, 0.25) is 0 Å². The van der Waals surface area contributed by atoms with Gasteiger partial charge < -0.3 is 15.0 Å². The van der Waals surface area contributed by atoms with E-state index in [1.165, 1.54) is 18.2 Å². The molecule has 2 aromatic carbocycles. The number of likely N-dealkylation sites (tertiary alicyclic amines) is 1. The molecule has 0 radical (unpaired) electrons. The molecule has 1 N–H and O–H groups in total. The Morgan fingerprint density at radius 3 is 2.60 bits per heavy atom. The fourth-order valence-electron chi connectivity index (χ4n) is 4.27. The predicted molar refractivity (Wildman–Crippen MR) is 117 cm³/mol. The summed E-state index contributed by atoms with van der Waals surface area (Å²) in [7, 11) is 1.53. The molecule has 5 nitrogen and oxygen atoms in total. The average molecular weight is 407 g/mol. The third-order valence-corrected chi connectivity index (χ3v) is 6.22. The minimum absolute atomic E-state index is 0.0491. The van der Waals surface area contributed by atoms with Crippen molar-refractivity contribution in [2.45, 2.75) is 38.6 Å². The number of aryl methyl sites for hydroxylation is 1. The molecule has 2 aliphatic rings. The molecular formula is C25H30N2O3. The summed E-state index contributed by atoms with van der Waals surface area (Å²) < 4.78 is 5.02. The van der Waals surface area contributed by atoms with Gasteiger partial charge in [0, 0.05) is 26.2 Å². The van der Waals surface area contributed by atoms with E-state index in [4.69, 9.17) is 4.74 Å². The molecule has 1 saturated carbocycles. The molecule has 0 bridgehead atoms. The lowest BCUT2D eigenvalue weighted by atomic mass is 9.79. The Balaban J connectivity index is 1.57. The first-order chi connectivity index (χ1) is 14.5. The summed E-state index contributed by atoms with van der Waals surface area (Å²) in [4.78, 5) is 27.4. The summed E-state index contributed by atoms with van der Waals surface area (Å²) in [6.07, 6.45) is 3.41. The molecule has 158 valence electrons. The van der Waals surface area contributed by atoms with Gasteiger partial charge in [-0.1, -0.05) is 54.1 Å². The molecular weight excluding hydrogens is 376 g/mol. The number of carbonyl (C=O) groups excluding carboxylic acids is 2. The molecule has 1 aliphatic carbocycles. The van der Waals surface area contributed by atoms with E-state index in [1.807, 2.05) is 0 Å². The van der Waals surface area contributed by atoms with Crippen LogP contribution in [0.1, 0.15) is 30.4 Å². The van der Waals surface area contributed by atoms with Crippen LogP contribution in [0.15, 0.2) is 48.5 Å². The summed E-state index contributed by atoms with van der Waals surface area (Å²) in [6, 6.07) is 17.2. The molecule has 2 aromatic rings. The molecule has 2 amide bonds. The monoisotopic (exact) mass is 406 g/mol. The van der Waals surface area contributed by atoms with Crippen LogP contribution in [-0.2, 0) is 20.7 Å². The van der Waals surface area contributed by atoms with Crippen molar-refractivity contribution < 1.29 is 14.3 Å². The van der Waals surface area contributed by atoms with Gasteiger partial charge >= 0.3 is 0 Å². The number of nitrogens with one attached hydrogen (secondary N) is 1. The van der Waals surface area contributed by atoms with Gasteiger partial charge in [-0.2, -0.15) is 0 Å². The summed E-state index contributed by atoms with van der Waals surface area (Å²) in [6.45, 7) is 3.18. The summed E-state index contributed by atoms with van der Waals surface area (Å²) in [5.41, 5.74) is 4.09. The number of amides is 2. The van der Waals surface area contributed by atoms with Gasteiger partial charge in [-0.05, 0) is 49.3 Å². The van der Waals surface area contributed by atoms with E-state index in [0.717, 1.165) is 24.0 Å². The maximum Gasteiger partial charge on any atom is 0.248 e. The Bertz CT molecular complexity index is 920. The SMILES string of the molecule is COCC(=O)N1CC[C@](Cc2cccc(-c3ccc(C)cc3)c2)(C(=O)NC2CC2)C1. The van der Waals surface area contributed by atoms with Gasteiger partial charge in [-0.15, -0.1) is 0 Å². The lowest BCUT2D eigenvalue weighted by Crippen LogP contribution is -2.46. The highest BCUT2D eigenvalue weighted by Gasteiger charge is 2.47. The number of carbonyl (C=O) groups is 2. The van der Waals surface area contributed by atoms with E-state index in [9.17, 15) is 9.59 Å². The van der Waals surface area contributed by atoms with Gasteiger partial charge in [0.15, 0.2) is 0 Å². The van der Waals surface area contributed by atoms with E-state index in [1.54, 1.807) is 4.90 Å². The van der Waals surface area contributed by atoms with Crippen molar-refractivity contribution in [3.8, 4) is 11.1 Å². The highest BCUT2D eigenvalue weighted by molar-refractivity contribution is 5.86. The predicted octanol–water partition coefficient (Wildman–Crippen LogP) is 3.35. The van der Waals surface area contributed by atoms with E-state index < -0.39 is 5.41 Å². The molecule has 30 heavy (non-hydrogen) atoms. The molecule has 0 spiro atoms.